The van der Waals surface area contributed by atoms with Crippen LogP contribution in [0.3, 0.4) is 0 Å². The second-order valence-corrected chi connectivity index (χ2v) is 5.73. The number of rotatable bonds is 4. The number of hydrogen-bond acceptors (Lipinski definition) is 2. The lowest BCUT2D eigenvalue weighted by atomic mass is 9.84. The number of nitrogens with two attached hydrogens (primary N) is 1. The monoisotopic (exact) mass is 286 g/mol. The predicted octanol–water partition coefficient (Wildman–Crippen LogP) is 2.13. The van der Waals surface area contributed by atoms with Gasteiger partial charge in [-0.25, -0.2) is 4.39 Å². The Morgan fingerprint density at radius 3 is 2.63 bits per heavy atom. The molecule has 1 aromatic carbocycles. The van der Waals surface area contributed by atoms with E-state index in [1.165, 1.54) is 12.1 Å². The number of halogens is 2. The van der Waals surface area contributed by atoms with E-state index in [0.717, 1.165) is 18.4 Å². The average Bonchev–Trinajstić information content (AvgIpc) is 3.06. The molecule has 2 rings (SSSR count). The maximum atomic E-state index is 13.2. The fourth-order valence-corrected chi connectivity index (χ4v) is 1.85. The van der Waals surface area contributed by atoms with Crippen molar-refractivity contribution in [3.63, 3.8) is 0 Å². The van der Waals surface area contributed by atoms with E-state index in [-0.39, 0.29) is 29.5 Å². The Labute approximate surface area is 119 Å². The van der Waals surface area contributed by atoms with Crippen LogP contribution in [0.2, 0.25) is 0 Å². The fourth-order valence-electron chi connectivity index (χ4n) is 1.85. The van der Waals surface area contributed by atoms with E-state index < -0.39 is 5.54 Å². The average molecular weight is 287 g/mol. The molecule has 1 amide bonds. The highest BCUT2D eigenvalue weighted by atomic mass is 35.5. The van der Waals surface area contributed by atoms with E-state index >= 15 is 0 Å². The number of benzene rings is 1. The number of hydrogen-bond donors (Lipinski definition) is 2. The van der Waals surface area contributed by atoms with Gasteiger partial charge in [0, 0.05) is 12.0 Å². The van der Waals surface area contributed by atoms with Gasteiger partial charge in [-0.2, -0.15) is 0 Å². The van der Waals surface area contributed by atoms with Gasteiger partial charge in [-0.1, -0.05) is 26.0 Å². The molecule has 19 heavy (non-hydrogen) atoms. The summed E-state index contributed by atoms with van der Waals surface area (Å²) < 4.78 is 13.2. The highest BCUT2D eigenvalue weighted by Crippen LogP contribution is 2.32. The largest absolute Gasteiger partial charge is 0.354 e. The summed E-state index contributed by atoms with van der Waals surface area (Å²) in [5.74, 6) is -0.364. The van der Waals surface area contributed by atoms with Crippen LogP contribution in [0.25, 0.3) is 0 Å². The molecule has 1 aromatic rings. The first-order chi connectivity index (χ1) is 8.33. The van der Waals surface area contributed by atoms with Gasteiger partial charge >= 0.3 is 0 Å². The Kier molecular flexibility index (Phi) is 4.59. The van der Waals surface area contributed by atoms with E-state index in [9.17, 15) is 9.18 Å². The van der Waals surface area contributed by atoms with Crippen molar-refractivity contribution < 1.29 is 9.18 Å². The first kappa shape index (κ1) is 15.9. The second-order valence-electron chi connectivity index (χ2n) is 5.73. The molecule has 106 valence electrons. The zero-order chi connectivity index (χ0) is 13.4. The van der Waals surface area contributed by atoms with Gasteiger partial charge in [0.05, 0.1) is 5.54 Å². The maximum Gasteiger partial charge on any atom is 0.240 e. The van der Waals surface area contributed by atoms with E-state index in [0.29, 0.717) is 6.54 Å². The van der Waals surface area contributed by atoms with Crippen molar-refractivity contribution in [2.45, 2.75) is 37.6 Å². The highest BCUT2D eigenvalue weighted by molar-refractivity contribution is 5.89. The minimum atomic E-state index is -0.655. The van der Waals surface area contributed by atoms with Crippen LogP contribution in [-0.2, 0) is 10.2 Å². The molecule has 1 fully saturated rings. The van der Waals surface area contributed by atoms with Crippen LogP contribution >= 0.6 is 12.4 Å². The van der Waals surface area contributed by atoms with Crippen molar-refractivity contribution in [1.29, 1.82) is 0 Å². The molecule has 1 aliphatic rings. The number of amides is 1. The summed E-state index contributed by atoms with van der Waals surface area (Å²) in [4.78, 5) is 11.8. The number of carbonyl (C=O) groups is 1. The third-order valence-electron chi connectivity index (χ3n) is 3.54. The van der Waals surface area contributed by atoms with Crippen molar-refractivity contribution in [3.8, 4) is 0 Å². The third kappa shape index (κ3) is 3.67. The molecule has 0 unspecified atom stereocenters. The quantitative estimate of drug-likeness (QED) is 0.891. The highest BCUT2D eigenvalue weighted by Gasteiger charge is 2.46. The molecule has 0 aromatic heterocycles. The van der Waals surface area contributed by atoms with Gasteiger partial charge in [-0.05, 0) is 30.5 Å². The van der Waals surface area contributed by atoms with Crippen molar-refractivity contribution in [2.75, 3.05) is 6.54 Å². The summed E-state index contributed by atoms with van der Waals surface area (Å²) in [5, 5.41) is 2.86. The molecule has 0 heterocycles. The molecule has 3 N–H and O–H groups in total. The molecular formula is C14H20ClFN2O. The van der Waals surface area contributed by atoms with Gasteiger partial charge in [0.25, 0.3) is 0 Å². The molecule has 3 nitrogen and oxygen atoms in total. The van der Waals surface area contributed by atoms with Crippen molar-refractivity contribution in [3.05, 3.63) is 35.6 Å². The molecule has 0 atom stereocenters. The molecular weight excluding hydrogens is 267 g/mol. The minimum Gasteiger partial charge on any atom is -0.354 e. The van der Waals surface area contributed by atoms with Gasteiger partial charge < -0.3 is 11.1 Å². The Hall–Kier alpha value is -1.13. The minimum absolute atomic E-state index is 0. The smallest absolute Gasteiger partial charge is 0.240 e. The zero-order valence-corrected chi connectivity index (χ0v) is 12.0. The summed E-state index contributed by atoms with van der Waals surface area (Å²) >= 11 is 0. The lowest BCUT2D eigenvalue weighted by Crippen LogP contribution is -2.46. The molecule has 0 saturated heterocycles. The topological polar surface area (TPSA) is 55.1 Å². The molecule has 1 saturated carbocycles. The van der Waals surface area contributed by atoms with Crippen molar-refractivity contribution in [2.24, 2.45) is 5.73 Å². The Morgan fingerprint density at radius 2 is 2.11 bits per heavy atom. The van der Waals surface area contributed by atoms with Crippen LogP contribution < -0.4 is 11.1 Å². The summed E-state index contributed by atoms with van der Waals surface area (Å²) in [5.41, 5.74) is 5.70. The van der Waals surface area contributed by atoms with Gasteiger partial charge in [0.1, 0.15) is 5.82 Å². The Morgan fingerprint density at radius 1 is 1.47 bits per heavy atom. The third-order valence-corrected chi connectivity index (χ3v) is 3.54. The van der Waals surface area contributed by atoms with Gasteiger partial charge in [0.2, 0.25) is 5.91 Å². The predicted molar refractivity (Wildman–Crippen MR) is 75.8 cm³/mol. The molecule has 0 radical (unpaired) electrons. The number of carbonyl (C=O) groups excluding carboxylic acids is 1. The second kappa shape index (κ2) is 5.47. The molecule has 0 spiro atoms. The number of nitrogens with one attached hydrogen (secondary N) is 1. The summed E-state index contributed by atoms with van der Waals surface area (Å²) in [6.45, 7) is 4.39. The lowest BCUT2D eigenvalue weighted by molar-refractivity contribution is -0.123. The Bertz CT molecular complexity index is 472. The summed E-state index contributed by atoms with van der Waals surface area (Å²) in [6, 6.07) is 6.46. The Balaban J connectivity index is 0.00000180. The first-order valence-electron chi connectivity index (χ1n) is 6.17. The van der Waals surface area contributed by atoms with Crippen LogP contribution in [0, 0.1) is 5.82 Å². The van der Waals surface area contributed by atoms with Crippen LogP contribution in [0.15, 0.2) is 24.3 Å². The molecule has 0 bridgehead atoms. The van der Waals surface area contributed by atoms with Crippen molar-refractivity contribution >= 4 is 18.3 Å². The van der Waals surface area contributed by atoms with E-state index in [4.69, 9.17) is 5.73 Å². The SMILES string of the molecule is CC(C)(CNC(=O)C1(N)CC1)c1cccc(F)c1.Cl. The first-order valence-corrected chi connectivity index (χ1v) is 6.17. The van der Waals surface area contributed by atoms with Crippen LogP contribution in [0.4, 0.5) is 4.39 Å². The standard InChI is InChI=1S/C14H19FN2O.ClH/c1-13(2,10-4-3-5-11(15)8-10)9-17-12(18)14(16)6-7-14;/h3-5,8H,6-7,9,16H2,1-2H3,(H,17,18);1H. The van der Waals surface area contributed by atoms with Crippen LogP contribution in [-0.4, -0.2) is 18.0 Å². The van der Waals surface area contributed by atoms with E-state index in [1.54, 1.807) is 6.07 Å². The molecule has 5 heteroatoms. The summed E-state index contributed by atoms with van der Waals surface area (Å²) in [6.07, 6.45) is 1.50. The van der Waals surface area contributed by atoms with Crippen LogP contribution in [0.5, 0.6) is 0 Å². The van der Waals surface area contributed by atoms with Crippen LogP contribution in [0.1, 0.15) is 32.3 Å². The maximum absolute atomic E-state index is 13.2. The fraction of sp³-hybridized carbons (Fsp3) is 0.500. The zero-order valence-electron chi connectivity index (χ0n) is 11.2. The normalized spacial score (nSPS) is 16.4. The van der Waals surface area contributed by atoms with Gasteiger partial charge in [-0.3, -0.25) is 4.79 Å². The summed E-state index contributed by atoms with van der Waals surface area (Å²) in [7, 11) is 0. The van der Waals surface area contributed by atoms with Crippen molar-refractivity contribution in [1.82, 2.24) is 5.32 Å². The van der Waals surface area contributed by atoms with Gasteiger partial charge in [0.15, 0.2) is 0 Å². The molecule has 0 aliphatic heterocycles. The molecule has 1 aliphatic carbocycles. The van der Waals surface area contributed by atoms with E-state index in [1.807, 2.05) is 19.9 Å². The van der Waals surface area contributed by atoms with E-state index in [2.05, 4.69) is 5.32 Å². The van der Waals surface area contributed by atoms with Gasteiger partial charge in [-0.15, -0.1) is 12.4 Å². The lowest BCUT2D eigenvalue weighted by Gasteiger charge is -2.26.